The average Bonchev–Trinajstić information content (AvgIpc) is 2.85. The van der Waals surface area contributed by atoms with Crippen LogP contribution in [0.5, 0.6) is 5.75 Å². The van der Waals surface area contributed by atoms with Crippen molar-refractivity contribution in [1.29, 1.82) is 0 Å². The van der Waals surface area contributed by atoms with E-state index in [0.717, 1.165) is 22.2 Å². The van der Waals surface area contributed by atoms with Crippen LogP contribution in [0.25, 0.3) is 11.0 Å². The van der Waals surface area contributed by atoms with Gasteiger partial charge in [0, 0.05) is 16.7 Å². The van der Waals surface area contributed by atoms with Crippen LogP contribution in [0.3, 0.4) is 0 Å². The van der Waals surface area contributed by atoms with Gasteiger partial charge < -0.3 is 5.11 Å². The summed E-state index contributed by atoms with van der Waals surface area (Å²) in [5.41, 5.74) is 9.79. The van der Waals surface area contributed by atoms with Gasteiger partial charge in [0.25, 0.3) is 0 Å². The van der Waals surface area contributed by atoms with Crippen molar-refractivity contribution in [3.63, 3.8) is 0 Å². The number of imidazole rings is 1. The zero-order valence-corrected chi connectivity index (χ0v) is 18.5. The Balaban J connectivity index is 2.12. The molecule has 5 heteroatoms. The number of nitrogen functional groups attached to an aromatic ring is 1. The maximum absolute atomic E-state index is 13.3. The fourth-order valence-electron chi connectivity index (χ4n) is 3.74. The molecule has 0 atom stereocenters. The number of Topliss-reactive ketones (excluding diaryl/α,β-unsaturated/α-hetero) is 1. The van der Waals surface area contributed by atoms with E-state index in [4.69, 9.17) is 5.73 Å². The van der Waals surface area contributed by atoms with E-state index in [9.17, 15) is 9.90 Å². The minimum absolute atomic E-state index is 0.0333. The normalized spacial score (nSPS) is 12.5. The molecule has 0 unspecified atom stereocenters. The van der Waals surface area contributed by atoms with E-state index in [0.29, 0.717) is 11.5 Å². The summed E-state index contributed by atoms with van der Waals surface area (Å²) < 4.78 is 3.73. The topological polar surface area (TPSA) is 72.1 Å². The Kier molecular flexibility index (Phi) is 4.98. The Hall–Kier alpha value is -2.82. The van der Waals surface area contributed by atoms with Crippen molar-refractivity contribution in [2.45, 2.75) is 58.9 Å². The second-order valence-corrected chi connectivity index (χ2v) is 9.84. The maximum atomic E-state index is 13.3. The highest BCUT2D eigenvalue weighted by molar-refractivity contribution is 5.97. The molecule has 0 saturated carbocycles. The minimum atomic E-state index is -0.286. The van der Waals surface area contributed by atoms with E-state index in [1.807, 2.05) is 94.1 Å². The highest BCUT2D eigenvalue weighted by Gasteiger charge is 2.29. The summed E-state index contributed by atoms with van der Waals surface area (Å²) in [6.45, 7) is 12.4. The number of aromatic hydroxyl groups is 1. The van der Waals surface area contributed by atoms with Crippen LogP contribution < -0.4 is 10.3 Å². The van der Waals surface area contributed by atoms with Gasteiger partial charge in [-0.3, -0.25) is 10.5 Å². The first kappa shape index (κ1) is 20.9. The summed E-state index contributed by atoms with van der Waals surface area (Å²) in [5.74, 6) is 0.776. The van der Waals surface area contributed by atoms with Gasteiger partial charge in [-0.05, 0) is 35.1 Å². The Morgan fingerprint density at radius 3 is 2.07 bits per heavy atom. The molecule has 2 aromatic carbocycles. The summed E-state index contributed by atoms with van der Waals surface area (Å²) in [4.78, 5) is 13.3. The highest BCUT2D eigenvalue weighted by Crippen LogP contribution is 2.40. The van der Waals surface area contributed by atoms with Crippen molar-refractivity contribution in [1.82, 2.24) is 4.57 Å². The monoisotopic (exact) mass is 394 g/mol. The first-order valence-electron chi connectivity index (χ1n) is 9.96. The number of benzene rings is 2. The van der Waals surface area contributed by atoms with Gasteiger partial charge in [-0.25, -0.2) is 9.13 Å². The second-order valence-electron chi connectivity index (χ2n) is 9.84. The Morgan fingerprint density at radius 1 is 1.03 bits per heavy atom. The van der Waals surface area contributed by atoms with E-state index in [-0.39, 0.29) is 28.9 Å². The summed E-state index contributed by atoms with van der Waals surface area (Å²) in [5, 5.41) is 10.9. The van der Waals surface area contributed by atoms with Gasteiger partial charge in [0.05, 0.1) is 7.05 Å². The zero-order valence-electron chi connectivity index (χ0n) is 18.5. The Bertz CT molecular complexity index is 1060. The number of hydrogen-bond donors (Lipinski definition) is 2. The molecule has 29 heavy (non-hydrogen) atoms. The van der Waals surface area contributed by atoms with Gasteiger partial charge in [0.15, 0.2) is 5.78 Å². The molecule has 5 nitrogen and oxygen atoms in total. The summed E-state index contributed by atoms with van der Waals surface area (Å²) >= 11 is 0. The molecule has 0 saturated heterocycles. The third-order valence-corrected chi connectivity index (χ3v) is 5.50. The van der Waals surface area contributed by atoms with Crippen molar-refractivity contribution in [3.05, 3.63) is 53.1 Å². The number of aryl methyl sites for hydroxylation is 1. The molecule has 3 aromatic rings. The van der Waals surface area contributed by atoms with Crippen LogP contribution in [-0.4, -0.2) is 15.5 Å². The lowest BCUT2D eigenvalue weighted by atomic mass is 9.78. The molecule has 1 heterocycles. The lowest BCUT2D eigenvalue weighted by Gasteiger charge is -2.28. The van der Waals surface area contributed by atoms with Crippen molar-refractivity contribution in [3.8, 4) is 5.75 Å². The second kappa shape index (κ2) is 6.90. The van der Waals surface area contributed by atoms with E-state index >= 15 is 0 Å². The van der Waals surface area contributed by atoms with Crippen LogP contribution >= 0.6 is 0 Å². The number of fused-ring (bicyclic) bond motifs is 1. The molecular weight excluding hydrogens is 362 g/mol. The molecule has 0 radical (unpaired) electrons. The largest absolute Gasteiger partial charge is 0.507 e. The van der Waals surface area contributed by atoms with E-state index in [1.54, 1.807) is 0 Å². The van der Waals surface area contributed by atoms with E-state index < -0.39 is 0 Å². The molecule has 0 amide bonds. The molecule has 0 aliphatic carbocycles. The molecule has 0 fully saturated rings. The van der Waals surface area contributed by atoms with E-state index in [2.05, 4.69) is 0 Å². The number of aromatic nitrogens is 2. The zero-order chi connectivity index (χ0) is 21.7. The number of carbonyl (C=O) groups excluding carboxylic acids is 1. The van der Waals surface area contributed by atoms with Crippen LogP contribution in [-0.2, 0) is 24.4 Å². The number of phenolic OH excluding ortho intramolecular Hbond substituents is 1. The van der Waals surface area contributed by atoms with Gasteiger partial charge in [0.2, 0.25) is 0 Å². The van der Waals surface area contributed by atoms with Gasteiger partial charge >= 0.3 is 5.95 Å². The number of hydrogen-bond acceptors (Lipinski definition) is 3. The molecule has 0 aliphatic heterocycles. The first-order chi connectivity index (χ1) is 13.3. The highest BCUT2D eigenvalue weighted by atomic mass is 16.3. The van der Waals surface area contributed by atoms with Crippen LogP contribution in [0.4, 0.5) is 5.95 Å². The maximum Gasteiger partial charge on any atom is 0.356 e. The number of ketones is 1. The number of nitrogens with two attached hydrogens (primary N) is 1. The standard InChI is InChI=1S/C24H31N3O2/c1-23(2,3)16-12-15(13-17(21(16)29)24(4,5)6)20(28)14-27-19-11-9-8-10-18(19)26(7)22(27)25/h8-13,25H,14H2,1-7H3,(H,28,29)/p+1. The smallest absolute Gasteiger partial charge is 0.356 e. The summed E-state index contributed by atoms with van der Waals surface area (Å²) in [6.07, 6.45) is 0. The lowest BCUT2D eigenvalue weighted by Crippen LogP contribution is -2.32. The molecule has 3 N–H and O–H groups in total. The van der Waals surface area contributed by atoms with Crippen LogP contribution in [0.1, 0.15) is 63.0 Å². The quantitative estimate of drug-likeness (QED) is 0.516. The SMILES string of the molecule is C[n+]1c(N)n(CC(=O)c2cc(C(C)(C)C)c(O)c(C(C)(C)C)c2)c2ccccc21. The lowest BCUT2D eigenvalue weighted by molar-refractivity contribution is -0.630. The Labute approximate surface area is 172 Å². The third kappa shape index (κ3) is 3.74. The molecule has 3 rings (SSSR count). The molecule has 1 aromatic heterocycles. The number of para-hydroxylation sites is 2. The predicted octanol–water partition coefficient (Wildman–Crippen LogP) is 4.23. The molecular formula is C24H32N3O2+. The molecule has 0 aliphatic rings. The number of phenols is 1. The third-order valence-electron chi connectivity index (χ3n) is 5.50. The fourth-order valence-corrected chi connectivity index (χ4v) is 3.74. The van der Waals surface area contributed by atoms with Crippen LogP contribution in [0.2, 0.25) is 0 Å². The van der Waals surface area contributed by atoms with Gasteiger partial charge in [-0.1, -0.05) is 53.7 Å². The van der Waals surface area contributed by atoms with E-state index in [1.165, 1.54) is 0 Å². The average molecular weight is 395 g/mol. The van der Waals surface area contributed by atoms with Crippen LogP contribution in [0, 0.1) is 0 Å². The first-order valence-corrected chi connectivity index (χ1v) is 9.96. The summed E-state index contributed by atoms with van der Waals surface area (Å²) in [6, 6.07) is 11.5. The number of carbonyl (C=O) groups is 1. The minimum Gasteiger partial charge on any atom is -0.507 e. The van der Waals surface area contributed by atoms with Crippen molar-refractivity contribution >= 4 is 22.8 Å². The number of nitrogens with zero attached hydrogens (tertiary/aromatic N) is 2. The van der Waals surface area contributed by atoms with Crippen LogP contribution in [0.15, 0.2) is 36.4 Å². The fraction of sp³-hybridized carbons (Fsp3) is 0.417. The number of anilines is 1. The van der Waals surface area contributed by atoms with Crippen molar-refractivity contribution in [2.24, 2.45) is 7.05 Å². The van der Waals surface area contributed by atoms with Crippen molar-refractivity contribution in [2.75, 3.05) is 5.73 Å². The predicted molar refractivity (Wildman–Crippen MR) is 117 cm³/mol. The van der Waals surface area contributed by atoms with Gasteiger partial charge in [-0.15, -0.1) is 0 Å². The van der Waals surface area contributed by atoms with Crippen molar-refractivity contribution < 1.29 is 14.5 Å². The van der Waals surface area contributed by atoms with Gasteiger partial charge in [-0.2, -0.15) is 0 Å². The Morgan fingerprint density at radius 2 is 1.55 bits per heavy atom. The van der Waals surface area contributed by atoms with Gasteiger partial charge in [0.1, 0.15) is 23.3 Å². The summed E-state index contributed by atoms with van der Waals surface area (Å²) in [7, 11) is 1.90. The molecule has 0 spiro atoms. The number of rotatable bonds is 3. The molecule has 154 valence electrons. The molecule has 0 bridgehead atoms.